The number of hydrogen-bond acceptors (Lipinski definition) is 2. The minimum atomic E-state index is 1.07. The summed E-state index contributed by atoms with van der Waals surface area (Å²) in [6.07, 6.45) is 0. The predicted octanol–water partition coefficient (Wildman–Crippen LogP) is 7.04. The van der Waals surface area contributed by atoms with Crippen molar-refractivity contribution in [3.63, 3.8) is 0 Å². The van der Waals surface area contributed by atoms with Gasteiger partial charge in [-0.15, -0.1) is 22.7 Å². The number of thiophene rings is 2. The maximum atomic E-state index is 3.69. The van der Waals surface area contributed by atoms with Crippen molar-refractivity contribution in [2.45, 2.75) is 0 Å². The van der Waals surface area contributed by atoms with Crippen LogP contribution in [0.3, 0.4) is 0 Å². The van der Waals surface area contributed by atoms with Crippen LogP contribution in [0.25, 0.3) is 20.2 Å². The molecule has 22 heavy (non-hydrogen) atoms. The summed E-state index contributed by atoms with van der Waals surface area (Å²) in [6, 6.07) is 16.8. The lowest BCUT2D eigenvalue weighted by Gasteiger charge is -1.93. The zero-order valence-electron chi connectivity index (χ0n) is 11.2. The summed E-state index contributed by atoms with van der Waals surface area (Å²) in [4.78, 5) is 2.17. The summed E-state index contributed by atoms with van der Waals surface area (Å²) in [5.41, 5.74) is 0. The maximum absolute atomic E-state index is 3.69. The van der Waals surface area contributed by atoms with Crippen LogP contribution in [0.5, 0.6) is 0 Å². The highest BCUT2D eigenvalue weighted by molar-refractivity contribution is 9.11. The molecule has 0 amide bonds. The van der Waals surface area contributed by atoms with E-state index in [4.69, 9.17) is 0 Å². The summed E-state index contributed by atoms with van der Waals surface area (Å²) in [5, 5.41) is 2.46. The van der Waals surface area contributed by atoms with Gasteiger partial charge in [0.25, 0.3) is 0 Å². The van der Waals surface area contributed by atoms with E-state index in [0.717, 1.165) is 18.7 Å². The van der Waals surface area contributed by atoms with Crippen molar-refractivity contribution in [1.82, 2.24) is 0 Å². The number of halogens is 2. The average Bonchev–Trinajstić information content (AvgIpc) is 3.07. The third-order valence-corrected chi connectivity index (χ3v) is 7.15. The van der Waals surface area contributed by atoms with Gasteiger partial charge in [0.05, 0.1) is 14.2 Å². The summed E-state index contributed by atoms with van der Waals surface area (Å²) in [7, 11) is 0. The summed E-state index contributed by atoms with van der Waals surface area (Å²) >= 11 is 10.8. The Kier molecular flexibility index (Phi) is 3.83. The molecule has 0 bridgehead atoms. The Balaban J connectivity index is 1.81. The first kappa shape index (κ1) is 14.5. The molecule has 4 aromatic rings. The quantitative estimate of drug-likeness (QED) is 0.253. The average molecular weight is 448 g/mol. The number of fused-ring (bicyclic) bond motifs is 2. The fraction of sp³-hybridized carbons (Fsp3) is 0. The highest BCUT2D eigenvalue weighted by Gasteiger charge is 2.10. The van der Waals surface area contributed by atoms with Crippen LogP contribution in [0.1, 0.15) is 9.75 Å². The third-order valence-electron chi connectivity index (χ3n) is 3.33. The Bertz CT molecular complexity index is 1030. The second kappa shape index (κ2) is 5.82. The van der Waals surface area contributed by atoms with Crippen LogP contribution in [-0.4, -0.2) is 0 Å². The smallest absolute Gasteiger partial charge is 0.0927 e. The third kappa shape index (κ3) is 2.53. The molecule has 0 saturated heterocycles. The lowest BCUT2D eigenvalue weighted by molar-refractivity contribution is 1.75. The van der Waals surface area contributed by atoms with Crippen LogP contribution in [0.4, 0.5) is 0 Å². The molecule has 0 atom stereocenters. The summed E-state index contributed by atoms with van der Waals surface area (Å²) < 4.78 is 4.70. The van der Waals surface area contributed by atoms with Crippen LogP contribution >= 0.6 is 54.5 Å². The number of rotatable bonds is 0. The van der Waals surface area contributed by atoms with Crippen molar-refractivity contribution in [3.05, 3.63) is 67.2 Å². The van der Waals surface area contributed by atoms with Gasteiger partial charge in [0.15, 0.2) is 0 Å². The molecule has 0 spiro atoms. The molecule has 0 saturated carbocycles. The van der Waals surface area contributed by atoms with E-state index in [0.29, 0.717) is 0 Å². The zero-order chi connectivity index (χ0) is 15.1. The Morgan fingerprint density at radius 2 is 1.64 bits per heavy atom. The van der Waals surface area contributed by atoms with Gasteiger partial charge in [-0.3, -0.25) is 0 Å². The van der Waals surface area contributed by atoms with Crippen molar-refractivity contribution in [2.24, 2.45) is 0 Å². The predicted molar refractivity (Wildman–Crippen MR) is 105 cm³/mol. The molecule has 0 unspecified atom stereocenters. The van der Waals surface area contributed by atoms with E-state index in [1.165, 1.54) is 20.2 Å². The van der Waals surface area contributed by atoms with Gasteiger partial charge in [0.2, 0.25) is 0 Å². The highest BCUT2D eigenvalue weighted by atomic mass is 79.9. The molecule has 0 aliphatic carbocycles. The molecule has 0 N–H and O–H groups in total. The van der Waals surface area contributed by atoms with Crippen LogP contribution in [-0.2, 0) is 0 Å². The van der Waals surface area contributed by atoms with Gasteiger partial charge >= 0.3 is 0 Å². The first-order valence-corrected chi connectivity index (χ1v) is 9.81. The maximum Gasteiger partial charge on any atom is 0.0927 e. The lowest BCUT2D eigenvalue weighted by atomic mass is 10.2. The molecule has 2 aromatic heterocycles. The van der Waals surface area contributed by atoms with E-state index in [-0.39, 0.29) is 0 Å². The molecule has 4 rings (SSSR count). The Hall–Kier alpha value is -1.12. The molecular formula is C18H8Br2S2. The first-order chi connectivity index (χ1) is 10.7. The minimum absolute atomic E-state index is 1.07. The highest BCUT2D eigenvalue weighted by Crippen LogP contribution is 2.39. The SMILES string of the molecule is Brc1cccc2sc(C#Cc3cc4ccccc4s3)c(Br)c12. The first-order valence-electron chi connectivity index (χ1n) is 6.59. The van der Waals surface area contributed by atoms with Gasteiger partial charge in [0, 0.05) is 19.3 Å². The van der Waals surface area contributed by atoms with Gasteiger partial charge in [-0.05, 0) is 57.4 Å². The molecule has 0 fully saturated rings. The van der Waals surface area contributed by atoms with E-state index < -0.39 is 0 Å². The second-order valence-electron chi connectivity index (χ2n) is 4.76. The van der Waals surface area contributed by atoms with Crippen LogP contribution in [0.15, 0.2) is 57.5 Å². The largest absolute Gasteiger partial charge is 0.127 e. The van der Waals surface area contributed by atoms with Gasteiger partial charge in [-0.1, -0.05) is 40.2 Å². The van der Waals surface area contributed by atoms with Gasteiger partial charge in [0.1, 0.15) is 0 Å². The van der Waals surface area contributed by atoms with Crippen LogP contribution < -0.4 is 0 Å². The van der Waals surface area contributed by atoms with Crippen molar-refractivity contribution in [1.29, 1.82) is 0 Å². The van der Waals surface area contributed by atoms with E-state index in [2.05, 4.69) is 92.2 Å². The fourth-order valence-corrected chi connectivity index (χ4v) is 6.07. The van der Waals surface area contributed by atoms with Crippen molar-refractivity contribution in [2.75, 3.05) is 0 Å². The van der Waals surface area contributed by atoms with Gasteiger partial charge in [-0.25, -0.2) is 0 Å². The minimum Gasteiger partial charge on any atom is -0.127 e. The van der Waals surface area contributed by atoms with Gasteiger partial charge in [-0.2, -0.15) is 0 Å². The Labute approximate surface area is 153 Å². The fourth-order valence-electron chi connectivity index (χ4n) is 2.31. The monoisotopic (exact) mass is 446 g/mol. The number of hydrogen-bond donors (Lipinski definition) is 0. The molecular weight excluding hydrogens is 440 g/mol. The normalized spacial score (nSPS) is 10.8. The topological polar surface area (TPSA) is 0 Å². The van der Waals surface area contributed by atoms with E-state index in [1.807, 2.05) is 0 Å². The Morgan fingerprint density at radius 1 is 0.818 bits per heavy atom. The lowest BCUT2D eigenvalue weighted by Crippen LogP contribution is -1.69. The molecule has 0 nitrogen and oxygen atoms in total. The van der Waals surface area contributed by atoms with Crippen LogP contribution in [0, 0.1) is 11.8 Å². The second-order valence-corrected chi connectivity index (χ2v) is 8.54. The molecule has 2 aromatic carbocycles. The molecule has 0 aliphatic heterocycles. The van der Waals surface area contributed by atoms with E-state index in [9.17, 15) is 0 Å². The van der Waals surface area contributed by atoms with Crippen molar-refractivity contribution < 1.29 is 0 Å². The molecule has 4 heteroatoms. The van der Waals surface area contributed by atoms with E-state index in [1.54, 1.807) is 22.7 Å². The van der Waals surface area contributed by atoms with Crippen molar-refractivity contribution >= 4 is 74.7 Å². The molecule has 0 radical (unpaired) electrons. The molecule has 106 valence electrons. The zero-order valence-corrected chi connectivity index (χ0v) is 16.0. The van der Waals surface area contributed by atoms with E-state index >= 15 is 0 Å². The molecule has 0 aliphatic rings. The number of benzene rings is 2. The summed E-state index contributed by atoms with van der Waals surface area (Å²) in [5.74, 6) is 6.62. The molecule has 2 heterocycles. The summed E-state index contributed by atoms with van der Waals surface area (Å²) in [6.45, 7) is 0. The standard InChI is InChI=1S/C18H8Br2S2/c19-13-5-3-7-15-17(13)18(20)16(22-15)9-8-12-10-11-4-1-2-6-14(11)21-12/h1-7,10H. The van der Waals surface area contributed by atoms with Gasteiger partial charge < -0.3 is 0 Å². The van der Waals surface area contributed by atoms with Crippen molar-refractivity contribution in [3.8, 4) is 11.8 Å². The van der Waals surface area contributed by atoms with Crippen LogP contribution in [0.2, 0.25) is 0 Å². The Morgan fingerprint density at radius 3 is 2.45 bits per heavy atom.